The number of hydrogen-bond donors (Lipinski definition) is 2. The molecule has 1 unspecified atom stereocenters. The average Bonchev–Trinajstić information content (AvgIpc) is 3.42. The van der Waals surface area contributed by atoms with E-state index in [9.17, 15) is 32.3 Å². The van der Waals surface area contributed by atoms with Crippen molar-refractivity contribution >= 4 is 33.3 Å². The number of amides is 1. The number of carbonyl (C=O) groups is 2. The quantitative estimate of drug-likeness (QED) is 0.138. The highest BCUT2D eigenvalue weighted by Gasteiger charge is 2.40. The fraction of sp³-hybridized carbons (Fsp3) is 0.250. The van der Waals surface area contributed by atoms with E-state index in [1.807, 2.05) is 0 Å². The van der Waals surface area contributed by atoms with Crippen molar-refractivity contribution in [3.8, 4) is 28.5 Å². The number of aliphatic hydroxyl groups is 1. The largest absolute Gasteiger partial charge is 0.494 e. The molecule has 0 radical (unpaired) electrons. The standard InChI is InChI=1S/C28H24F4N2O7S/c1-38-22-9-7-19(34-24(22)17-14-42-25-16(17)4-3-5-18(25)29)20(35)13-33-26(36)15-6-8-21(23(12-15)39-2)40-10-11-41-27(37)28(30,31)32/h3-9,12,14,20,35H,10-11,13H2,1-2H3,(H,33,36). The molecule has 0 saturated heterocycles. The van der Waals surface area contributed by atoms with Crippen LogP contribution in [0.4, 0.5) is 17.6 Å². The van der Waals surface area contributed by atoms with Gasteiger partial charge in [-0.2, -0.15) is 13.2 Å². The number of esters is 1. The first-order chi connectivity index (χ1) is 20.0. The Balaban J connectivity index is 1.41. The van der Waals surface area contributed by atoms with Crippen molar-refractivity contribution in [2.24, 2.45) is 0 Å². The maximum absolute atomic E-state index is 14.2. The van der Waals surface area contributed by atoms with E-state index in [-0.39, 0.29) is 41.7 Å². The number of aliphatic hydroxyl groups excluding tert-OH is 1. The van der Waals surface area contributed by atoms with Gasteiger partial charge in [-0.3, -0.25) is 4.79 Å². The molecular formula is C28H24F4N2O7S. The smallest absolute Gasteiger partial charge is 0.490 e. The van der Waals surface area contributed by atoms with Gasteiger partial charge < -0.3 is 29.4 Å². The van der Waals surface area contributed by atoms with E-state index < -0.39 is 30.8 Å². The first-order valence-corrected chi connectivity index (χ1v) is 13.1. The third-order valence-electron chi connectivity index (χ3n) is 5.94. The molecule has 2 N–H and O–H groups in total. The number of ether oxygens (including phenoxy) is 4. The van der Waals surface area contributed by atoms with Crippen LogP contribution in [0.25, 0.3) is 21.3 Å². The van der Waals surface area contributed by atoms with E-state index in [1.165, 1.54) is 49.8 Å². The fourth-order valence-corrected chi connectivity index (χ4v) is 4.86. The summed E-state index contributed by atoms with van der Waals surface area (Å²) >= 11 is 1.22. The molecule has 4 rings (SSSR count). The Bertz CT molecular complexity index is 1590. The van der Waals surface area contributed by atoms with Crippen molar-refractivity contribution in [2.45, 2.75) is 12.3 Å². The molecule has 2 aromatic carbocycles. The maximum atomic E-state index is 14.2. The van der Waals surface area contributed by atoms with Gasteiger partial charge in [0.1, 0.15) is 36.6 Å². The van der Waals surface area contributed by atoms with Crippen molar-refractivity contribution in [2.75, 3.05) is 34.0 Å². The number of fused-ring (bicyclic) bond motifs is 1. The number of nitrogens with zero attached hydrogens (tertiary/aromatic N) is 1. The van der Waals surface area contributed by atoms with E-state index >= 15 is 0 Å². The van der Waals surface area contributed by atoms with Gasteiger partial charge in [-0.15, -0.1) is 11.3 Å². The van der Waals surface area contributed by atoms with Crippen LogP contribution in [0.2, 0.25) is 0 Å². The Morgan fingerprint density at radius 3 is 2.48 bits per heavy atom. The maximum Gasteiger partial charge on any atom is 0.490 e. The number of pyridine rings is 1. The first-order valence-electron chi connectivity index (χ1n) is 12.3. The Hall–Kier alpha value is -4.43. The molecule has 1 amide bonds. The lowest BCUT2D eigenvalue weighted by molar-refractivity contribution is -0.200. The second-order valence-corrected chi connectivity index (χ2v) is 9.51. The number of methoxy groups -OCH3 is 2. The molecule has 0 bridgehead atoms. The molecule has 0 aliphatic heterocycles. The topological polar surface area (TPSA) is 116 Å². The molecule has 0 aliphatic rings. The highest BCUT2D eigenvalue weighted by atomic mass is 32.1. The van der Waals surface area contributed by atoms with Crippen LogP contribution in [0.3, 0.4) is 0 Å². The highest BCUT2D eigenvalue weighted by Crippen LogP contribution is 2.39. The van der Waals surface area contributed by atoms with Gasteiger partial charge in [-0.05, 0) is 36.4 Å². The van der Waals surface area contributed by atoms with Crippen LogP contribution in [0.5, 0.6) is 17.2 Å². The minimum absolute atomic E-state index is 0.103. The molecule has 0 aliphatic carbocycles. The van der Waals surface area contributed by atoms with E-state index in [0.717, 1.165) is 0 Å². The van der Waals surface area contributed by atoms with Crippen molar-refractivity contribution in [1.82, 2.24) is 10.3 Å². The van der Waals surface area contributed by atoms with Crippen LogP contribution >= 0.6 is 11.3 Å². The summed E-state index contributed by atoms with van der Waals surface area (Å²) in [5.74, 6) is -2.62. The Labute approximate surface area is 240 Å². The molecule has 2 heterocycles. The van der Waals surface area contributed by atoms with Crippen LogP contribution in [0, 0.1) is 5.82 Å². The zero-order chi connectivity index (χ0) is 30.4. The van der Waals surface area contributed by atoms with Crippen LogP contribution in [0.1, 0.15) is 22.2 Å². The number of benzene rings is 2. The number of thiophene rings is 1. The third-order valence-corrected chi connectivity index (χ3v) is 6.94. The monoisotopic (exact) mass is 608 g/mol. The van der Waals surface area contributed by atoms with Gasteiger partial charge in [-0.1, -0.05) is 12.1 Å². The molecule has 4 aromatic rings. The number of halogens is 4. The second kappa shape index (κ2) is 13.0. The average molecular weight is 609 g/mol. The molecule has 9 nitrogen and oxygen atoms in total. The van der Waals surface area contributed by atoms with Gasteiger partial charge in [0.2, 0.25) is 0 Å². The zero-order valence-electron chi connectivity index (χ0n) is 22.2. The number of carbonyl (C=O) groups excluding carboxylic acids is 2. The lowest BCUT2D eigenvalue weighted by Gasteiger charge is -2.15. The number of hydrogen-bond acceptors (Lipinski definition) is 9. The van der Waals surface area contributed by atoms with Crippen LogP contribution in [0.15, 0.2) is 53.9 Å². The van der Waals surface area contributed by atoms with Gasteiger partial charge in [0.25, 0.3) is 5.91 Å². The SMILES string of the molecule is COc1cc(C(=O)NCC(O)c2ccc(OC)c(-c3csc4c(F)cccc34)n2)ccc1OCCOC(=O)C(F)(F)F. The van der Waals surface area contributed by atoms with Crippen molar-refractivity contribution < 1.29 is 51.2 Å². The van der Waals surface area contributed by atoms with Crippen LogP contribution in [-0.4, -0.2) is 62.1 Å². The summed E-state index contributed by atoms with van der Waals surface area (Å²) in [6.45, 7) is -1.24. The van der Waals surface area contributed by atoms with Gasteiger partial charge in [0, 0.05) is 28.4 Å². The van der Waals surface area contributed by atoms with Crippen molar-refractivity contribution in [3.05, 3.63) is 71.0 Å². The normalized spacial score (nSPS) is 12.1. The molecule has 222 valence electrons. The number of aromatic nitrogens is 1. The molecule has 2 aromatic heterocycles. The number of nitrogens with one attached hydrogen (secondary N) is 1. The summed E-state index contributed by atoms with van der Waals surface area (Å²) < 4.78 is 71.3. The Morgan fingerprint density at radius 1 is 1.02 bits per heavy atom. The lowest BCUT2D eigenvalue weighted by atomic mass is 10.1. The van der Waals surface area contributed by atoms with Gasteiger partial charge in [0.15, 0.2) is 11.5 Å². The van der Waals surface area contributed by atoms with Crippen LogP contribution < -0.4 is 19.5 Å². The predicted molar refractivity (Wildman–Crippen MR) is 144 cm³/mol. The molecule has 14 heteroatoms. The fourth-order valence-electron chi connectivity index (χ4n) is 3.90. The number of rotatable bonds is 11. The molecule has 1 atom stereocenters. The van der Waals surface area contributed by atoms with E-state index in [0.29, 0.717) is 27.1 Å². The third kappa shape index (κ3) is 6.89. The molecular weight excluding hydrogens is 584 g/mol. The molecule has 0 spiro atoms. The minimum Gasteiger partial charge on any atom is -0.494 e. The Kier molecular flexibility index (Phi) is 9.48. The lowest BCUT2D eigenvalue weighted by Crippen LogP contribution is -2.28. The highest BCUT2D eigenvalue weighted by molar-refractivity contribution is 7.17. The summed E-state index contributed by atoms with van der Waals surface area (Å²) in [4.78, 5) is 28.1. The summed E-state index contributed by atoms with van der Waals surface area (Å²) in [5, 5.41) is 15.8. The van der Waals surface area contributed by atoms with E-state index in [4.69, 9.17) is 14.2 Å². The van der Waals surface area contributed by atoms with Gasteiger partial charge >= 0.3 is 12.1 Å². The van der Waals surface area contributed by atoms with Gasteiger partial charge in [0.05, 0.1) is 24.6 Å². The molecule has 0 saturated carbocycles. The number of alkyl halides is 3. The summed E-state index contributed by atoms with van der Waals surface area (Å²) in [5.41, 5.74) is 1.43. The minimum atomic E-state index is -5.11. The molecule has 0 fully saturated rings. The summed E-state index contributed by atoms with van der Waals surface area (Å²) in [7, 11) is 2.77. The van der Waals surface area contributed by atoms with E-state index in [2.05, 4.69) is 15.0 Å². The van der Waals surface area contributed by atoms with E-state index in [1.54, 1.807) is 29.6 Å². The Morgan fingerprint density at radius 2 is 1.76 bits per heavy atom. The summed E-state index contributed by atoms with van der Waals surface area (Å²) in [6.07, 6.45) is -6.31. The predicted octanol–water partition coefficient (Wildman–Crippen LogP) is 5.07. The second-order valence-electron chi connectivity index (χ2n) is 8.63. The summed E-state index contributed by atoms with van der Waals surface area (Å²) in [6, 6.07) is 12.0. The first kappa shape index (κ1) is 30.5. The van der Waals surface area contributed by atoms with Crippen molar-refractivity contribution in [3.63, 3.8) is 0 Å². The molecule has 42 heavy (non-hydrogen) atoms. The zero-order valence-corrected chi connectivity index (χ0v) is 23.0. The van der Waals surface area contributed by atoms with Gasteiger partial charge in [-0.25, -0.2) is 14.2 Å². The van der Waals surface area contributed by atoms with Crippen LogP contribution in [-0.2, 0) is 9.53 Å². The van der Waals surface area contributed by atoms with Crippen molar-refractivity contribution in [1.29, 1.82) is 0 Å².